The summed E-state index contributed by atoms with van der Waals surface area (Å²) >= 11 is 3.26. The number of carboxylic acid groups (broad SMARTS) is 1. The van der Waals surface area contributed by atoms with E-state index in [1.54, 1.807) is 6.07 Å². The number of benzene rings is 1. The van der Waals surface area contributed by atoms with Crippen LogP contribution in [0.2, 0.25) is 0 Å². The van der Waals surface area contributed by atoms with Gasteiger partial charge in [0.15, 0.2) is 0 Å². The zero-order valence-electron chi connectivity index (χ0n) is 11.6. The van der Waals surface area contributed by atoms with E-state index in [0.717, 1.165) is 25.9 Å². The minimum atomic E-state index is -1.03. The Morgan fingerprint density at radius 3 is 2.55 bits per heavy atom. The first kappa shape index (κ1) is 15.0. The maximum atomic E-state index is 12.5. The van der Waals surface area contributed by atoms with Crippen LogP contribution in [0.3, 0.4) is 0 Å². The number of carbonyl (C=O) groups excluding carboxylic acids is 1. The fraction of sp³-hybridized carbons (Fsp3) is 0.467. The molecule has 0 saturated carbocycles. The Hall–Kier alpha value is -1.36. The molecule has 108 valence electrons. The van der Waals surface area contributed by atoms with E-state index in [9.17, 15) is 9.59 Å². The Bertz CT molecular complexity index is 558. The number of likely N-dealkylation sites (tertiary alicyclic amines) is 1. The Morgan fingerprint density at radius 1 is 1.35 bits per heavy atom. The highest BCUT2D eigenvalue weighted by atomic mass is 79.9. The fourth-order valence-electron chi connectivity index (χ4n) is 2.50. The highest BCUT2D eigenvalue weighted by Gasteiger charge is 2.34. The lowest BCUT2D eigenvalue weighted by atomic mass is 9.87. The van der Waals surface area contributed by atoms with Gasteiger partial charge in [-0.15, -0.1) is 0 Å². The van der Waals surface area contributed by atoms with Crippen molar-refractivity contribution < 1.29 is 14.7 Å². The van der Waals surface area contributed by atoms with Crippen LogP contribution in [-0.2, 0) is 0 Å². The van der Waals surface area contributed by atoms with E-state index >= 15 is 0 Å². The molecule has 1 aromatic rings. The van der Waals surface area contributed by atoms with Crippen LogP contribution in [0, 0.1) is 5.41 Å². The summed E-state index contributed by atoms with van der Waals surface area (Å²) in [6, 6.07) is 4.62. The van der Waals surface area contributed by atoms with Gasteiger partial charge in [-0.2, -0.15) is 0 Å². The van der Waals surface area contributed by atoms with Gasteiger partial charge in [-0.3, -0.25) is 4.79 Å². The van der Waals surface area contributed by atoms with Crippen LogP contribution in [0.5, 0.6) is 0 Å². The molecule has 1 saturated heterocycles. The summed E-state index contributed by atoms with van der Waals surface area (Å²) in [5, 5.41) is 9.06. The van der Waals surface area contributed by atoms with Crippen molar-refractivity contribution in [1.29, 1.82) is 0 Å². The quantitative estimate of drug-likeness (QED) is 0.917. The van der Waals surface area contributed by atoms with Crippen LogP contribution in [0.15, 0.2) is 22.7 Å². The Kier molecular flexibility index (Phi) is 4.18. The summed E-state index contributed by atoms with van der Waals surface area (Å²) in [6.07, 6.45) is 2.03. The maximum absolute atomic E-state index is 12.5. The molecular weight excluding hydrogens is 322 g/mol. The lowest BCUT2D eigenvalue weighted by Crippen LogP contribution is -2.31. The molecule has 20 heavy (non-hydrogen) atoms. The maximum Gasteiger partial charge on any atom is 0.335 e. The molecule has 1 N–H and O–H groups in total. The molecule has 0 aromatic heterocycles. The molecule has 0 aliphatic carbocycles. The molecule has 1 amide bonds. The fourth-order valence-corrected chi connectivity index (χ4v) is 3.00. The third-order valence-electron chi connectivity index (χ3n) is 4.09. The second kappa shape index (κ2) is 5.56. The third-order valence-corrected chi connectivity index (χ3v) is 4.55. The Labute approximate surface area is 126 Å². The van der Waals surface area contributed by atoms with Crippen molar-refractivity contribution in [3.63, 3.8) is 0 Å². The van der Waals surface area contributed by atoms with Crippen LogP contribution in [0.1, 0.15) is 47.4 Å². The molecule has 1 aliphatic heterocycles. The first-order valence-electron chi connectivity index (χ1n) is 6.68. The molecule has 1 fully saturated rings. The van der Waals surface area contributed by atoms with Gasteiger partial charge in [-0.1, -0.05) is 29.8 Å². The number of carboxylic acids is 1. The molecule has 4 nitrogen and oxygen atoms in total. The summed E-state index contributed by atoms with van der Waals surface area (Å²) < 4.78 is 0.609. The summed E-state index contributed by atoms with van der Waals surface area (Å²) in [5.74, 6) is -1.12. The first-order valence-corrected chi connectivity index (χ1v) is 7.47. The van der Waals surface area contributed by atoms with Crippen molar-refractivity contribution >= 4 is 27.8 Å². The standard InChI is InChI=1S/C15H18BrNO3/c1-3-15(2)4-5-17(9-15)13(18)10-6-11(14(19)20)8-12(16)7-10/h6-8H,3-5,9H2,1-2H3,(H,19,20). The molecule has 1 aliphatic rings. The van der Waals surface area contributed by atoms with E-state index in [-0.39, 0.29) is 16.9 Å². The predicted octanol–water partition coefficient (Wildman–Crippen LogP) is 3.41. The zero-order valence-corrected chi connectivity index (χ0v) is 13.2. The lowest BCUT2D eigenvalue weighted by molar-refractivity contribution is 0.0697. The van der Waals surface area contributed by atoms with E-state index in [4.69, 9.17) is 5.11 Å². The van der Waals surface area contributed by atoms with Gasteiger partial charge in [-0.05, 0) is 36.5 Å². The molecule has 1 aromatic carbocycles. The molecule has 0 radical (unpaired) electrons. The first-order chi connectivity index (χ1) is 9.34. The molecule has 1 heterocycles. The summed E-state index contributed by atoms with van der Waals surface area (Å²) in [7, 11) is 0. The van der Waals surface area contributed by atoms with Gasteiger partial charge in [0.25, 0.3) is 5.91 Å². The van der Waals surface area contributed by atoms with E-state index < -0.39 is 5.97 Å². The molecule has 1 unspecified atom stereocenters. The monoisotopic (exact) mass is 339 g/mol. The van der Waals surface area contributed by atoms with Gasteiger partial charge >= 0.3 is 5.97 Å². The topological polar surface area (TPSA) is 57.6 Å². The number of carbonyl (C=O) groups is 2. The number of amides is 1. The minimum absolute atomic E-state index is 0.0917. The van der Waals surface area contributed by atoms with Crippen molar-refractivity contribution in [1.82, 2.24) is 4.90 Å². The van der Waals surface area contributed by atoms with Gasteiger partial charge in [0.2, 0.25) is 0 Å². The number of halogens is 1. The van der Waals surface area contributed by atoms with Gasteiger partial charge in [-0.25, -0.2) is 4.79 Å². The number of nitrogens with zero attached hydrogens (tertiary/aromatic N) is 1. The average Bonchev–Trinajstić information content (AvgIpc) is 2.80. The summed E-state index contributed by atoms with van der Waals surface area (Å²) in [4.78, 5) is 25.4. The largest absolute Gasteiger partial charge is 0.478 e. The van der Waals surface area contributed by atoms with Crippen molar-refractivity contribution in [3.05, 3.63) is 33.8 Å². The molecule has 5 heteroatoms. The van der Waals surface area contributed by atoms with Crippen molar-refractivity contribution in [2.24, 2.45) is 5.41 Å². The van der Waals surface area contributed by atoms with E-state index in [0.29, 0.717) is 10.0 Å². The second-order valence-electron chi connectivity index (χ2n) is 5.67. The van der Waals surface area contributed by atoms with Crippen LogP contribution < -0.4 is 0 Å². The highest BCUT2D eigenvalue weighted by Crippen LogP contribution is 2.33. The van der Waals surface area contributed by atoms with Crippen LogP contribution in [0.4, 0.5) is 0 Å². The second-order valence-corrected chi connectivity index (χ2v) is 6.59. The third kappa shape index (κ3) is 3.03. The minimum Gasteiger partial charge on any atom is -0.478 e. The SMILES string of the molecule is CCC1(C)CCN(C(=O)c2cc(Br)cc(C(=O)O)c2)C1. The lowest BCUT2D eigenvalue weighted by Gasteiger charge is -2.23. The molecule has 2 rings (SSSR count). The van der Waals surface area contributed by atoms with Gasteiger partial charge < -0.3 is 10.0 Å². The Balaban J connectivity index is 2.24. The van der Waals surface area contributed by atoms with Gasteiger partial charge in [0.05, 0.1) is 5.56 Å². The van der Waals surface area contributed by atoms with Gasteiger partial charge in [0, 0.05) is 23.1 Å². The molecule has 1 atom stereocenters. The van der Waals surface area contributed by atoms with Crippen molar-refractivity contribution in [3.8, 4) is 0 Å². The van der Waals surface area contributed by atoms with Crippen LogP contribution in [0.25, 0.3) is 0 Å². The highest BCUT2D eigenvalue weighted by molar-refractivity contribution is 9.10. The van der Waals surface area contributed by atoms with Crippen LogP contribution >= 0.6 is 15.9 Å². The molecular formula is C15H18BrNO3. The average molecular weight is 340 g/mol. The normalized spacial score (nSPS) is 22.1. The number of aromatic carboxylic acids is 1. The predicted molar refractivity (Wildman–Crippen MR) is 80.0 cm³/mol. The van der Waals surface area contributed by atoms with Crippen LogP contribution in [-0.4, -0.2) is 35.0 Å². The van der Waals surface area contributed by atoms with Crippen molar-refractivity contribution in [2.75, 3.05) is 13.1 Å². The van der Waals surface area contributed by atoms with Crippen molar-refractivity contribution in [2.45, 2.75) is 26.7 Å². The zero-order chi connectivity index (χ0) is 14.9. The summed E-state index contributed by atoms with van der Waals surface area (Å²) in [5.41, 5.74) is 0.731. The number of hydrogen-bond acceptors (Lipinski definition) is 2. The molecule has 0 spiro atoms. The van der Waals surface area contributed by atoms with E-state index in [1.165, 1.54) is 12.1 Å². The molecule has 0 bridgehead atoms. The van der Waals surface area contributed by atoms with E-state index in [2.05, 4.69) is 29.8 Å². The summed E-state index contributed by atoms with van der Waals surface area (Å²) in [6.45, 7) is 5.79. The van der Waals surface area contributed by atoms with Gasteiger partial charge in [0.1, 0.15) is 0 Å². The Morgan fingerprint density at radius 2 is 2.00 bits per heavy atom. The number of rotatable bonds is 3. The van der Waals surface area contributed by atoms with E-state index in [1.807, 2.05) is 4.90 Å². The smallest absolute Gasteiger partial charge is 0.335 e. The number of hydrogen-bond donors (Lipinski definition) is 1.